The van der Waals surface area contributed by atoms with Crippen LogP contribution >= 0.6 is 11.3 Å². The molecule has 0 atom stereocenters. The van der Waals surface area contributed by atoms with Crippen molar-refractivity contribution in [3.63, 3.8) is 0 Å². The number of benzene rings is 2. The van der Waals surface area contributed by atoms with Crippen LogP contribution in [0.15, 0.2) is 60.0 Å². The molecule has 1 aliphatic rings. The second kappa shape index (κ2) is 14.6. The van der Waals surface area contributed by atoms with E-state index in [1.807, 2.05) is 92.4 Å². The highest BCUT2D eigenvalue weighted by Crippen LogP contribution is 2.38. The Kier molecular flexibility index (Phi) is 10.9. The van der Waals surface area contributed by atoms with Crippen molar-refractivity contribution >= 4 is 47.6 Å². The van der Waals surface area contributed by atoms with E-state index >= 15 is 0 Å². The van der Waals surface area contributed by atoms with E-state index in [1.165, 1.54) is 0 Å². The minimum absolute atomic E-state index is 0.0180. The standard InChI is InChI=1S/C38H51N3O6SSi/c1-37(2,3)47-36(43)41-20-17-29(18-21-41)46-28-15-13-27(14-16-28)44-25-30-26(24-45-49(8,9)38(4,5)6)11-10-12-31(30)39-35(42)33-23-34-32(40(33)7)19-22-48-34/h10-16,19,22-23,29H,17-18,20-21,24-25H2,1-9H3,(H,39,42). The number of rotatable bonds is 10. The number of hydrogen-bond acceptors (Lipinski definition) is 7. The predicted octanol–water partition coefficient (Wildman–Crippen LogP) is 9.37. The Hall–Kier alpha value is -3.80. The molecule has 0 spiro atoms. The van der Waals surface area contributed by atoms with Crippen molar-refractivity contribution in [2.75, 3.05) is 18.4 Å². The fourth-order valence-electron chi connectivity index (χ4n) is 5.43. The van der Waals surface area contributed by atoms with Gasteiger partial charge in [0.1, 0.15) is 35.5 Å². The van der Waals surface area contributed by atoms with E-state index in [0.717, 1.165) is 39.9 Å². The van der Waals surface area contributed by atoms with Gasteiger partial charge in [0.05, 0.1) is 16.8 Å². The van der Waals surface area contributed by atoms with Gasteiger partial charge in [0, 0.05) is 44.2 Å². The van der Waals surface area contributed by atoms with Crippen molar-refractivity contribution < 1.29 is 28.2 Å². The van der Waals surface area contributed by atoms with Crippen LogP contribution in [-0.2, 0) is 29.4 Å². The summed E-state index contributed by atoms with van der Waals surface area (Å²) in [5, 5.41) is 5.26. The average Bonchev–Trinajstić information content (AvgIpc) is 3.62. The number of hydrogen-bond donors (Lipinski definition) is 1. The lowest BCUT2D eigenvalue weighted by molar-refractivity contribution is 0.0126. The van der Waals surface area contributed by atoms with Gasteiger partial charge in [-0.25, -0.2) is 4.79 Å². The molecular weight excluding hydrogens is 655 g/mol. The Balaban J connectivity index is 1.26. The number of aromatic nitrogens is 1. The monoisotopic (exact) mass is 705 g/mol. The fourth-order valence-corrected chi connectivity index (χ4v) is 7.23. The van der Waals surface area contributed by atoms with Crippen LogP contribution in [0.2, 0.25) is 18.1 Å². The molecule has 5 rings (SSSR count). The second-order valence-electron chi connectivity index (χ2n) is 15.2. The zero-order chi connectivity index (χ0) is 35.6. The Labute approximate surface area is 295 Å². The number of piperidine rings is 1. The van der Waals surface area contributed by atoms with Gasteiger partial charge in [0.15, 0.2) is 8.32 Å². The summed E-state index contributed by atoms with van der Waals surface area (Å²) in [5.41, 5.74) is 3.68. The topological polar surface area (TPSA) is 91.3 Å². The SMILES string of the molecule is Cn1c(C(=O)Nc2cccc(CO[Si](C)(C)C(C)(C)C)c2COc2ccc(OC3CCN(C(=O)OC(C)(C)C)CC3)cc2)cc2sccc21. The summed E-state index contributed by atoms with van der Waals surface area (Å²) in [6, 6.07) is 17.5. The minimum Gasteiger partial charge on any atom is -0.490 e. The molecule has 2 amide bonds. The van der Waals surface area contributed by atoms with E-state index in [9.17, 15) is 9.59 Å². The van der Waals surface area contributed by atoms with Gasteiger partial charge >= 0.3 is 6.09 Å². The van der Waals surface area contributed by atoms with Crippen molar-refractivity contribution in [3.05, 3.63) is 76.8 Å². The molecule has 1 fully saturated rings. The molecule has 0 aliphatic carbocycles. The number of nitrogens with one attached hydrogen (secondary N) is 1. The first kappa shape index (κ1) is 36.5. The number of carbonyl (C=O) groups excluding carboxylic acids is 2. The quantitative estimate of drug-likeness (QED) is 0.165. The molecule has 2 aromatic heterocycles. The maximum absolute atomic E-state index is 13.6. The number of ether oxygens (including phenoxy) is 3. The average molecular weight is 706 g/mol. The largest absolute Gasteiger partial charge is 0.490 e. The second-order valence-corrected chi connectivity index (χ2v) is 21.0. The van der Waals surface area contributed by atoms with Crippen LogP contribution in [-0.4, -0.2) is 54.6 Å². The summed E-state index contributed by atoms with van der Waals surface area (Å²) in [6.07, 6.45) is 1.22. The molecule has 264 valence electrons. The van der Waals surface area contributed by atoms with Gasteiger partial charge in [-0.1, -0.05) is 32.9 Å². The van der Waals surface area contributed by atoms with Gasteiger partial charge in [-0.15, -0.1) is 11.3 Å². The highest BCUT2D eigenvalue weighted by atomic mass is 32.1. The lowest BCUT2D eigenvalue weighted by Crippen LogP contribution is -2.44. The van der Waals surface area contributed by atoms with Gasteiger partial charge in [0.25, 0.3) is 5.91 Å². The summed E-state index contributed by atoms with van der Waals surface area (Å²) < 4.78 is 27.7. The molecule has 2 aromatic carbocycles. The summed E-state index contributed by atoms with van der Waals surface area (Å²) in [5.74, 6) is 1.27. The smallest absolute Gasteiger partial charge is 0.410 e. The molecule has 0 radical (unpaired) electrons. The molecule has 0 unspecified atom stereocenters. The van der Waals surface area contributed by atoms with Crippen LogP contribution < -0.4 is 14.8 Å². The van der Waals surface area contributed by atoms with E-state index < -0.39 is 13.9 Å². The van der Waals surface area contributed by atoms with Crippen LogP contribution in [0.25, 0.3) is 10.2 Å². The van der Waals surface area contributed by atoms with Crippen molar-refractivity contribution in [2.24, 2.45) is 7.05 Å². The normalized spacial score (nSPS) is 14.6. The summed E-state index contributed by atoms with van der Waals surface area (Å²) in [7, 11) is -0.118. The molecule has 1 N–H and O–H groups in total. The number of aryl methyl sites for hydroxylation is 1. The maximum atomic E-state index is 13.6. The van der Waals surface area contributed by atoms with Crippen molar-refractivity contribution in [1.29, 1.82) is 0 Å². The number of thiophene rings is 1. The van der Waals surface area contributed by atoms with Crippen molar-refractivity contribution in [3.8, 4) is 11.5 Å². The van der Waals surface area contributed by atoms with Crippen molar-refractivity contribution in [2.45, 2.75) is 97.4 Å². The first-order valence-electron chi connectivity index (χ1n) is 17.0. The molecule has 0 saturated carbocycles. The molecule has 9 nitrogen and oxygen atoms in total. The van der Waals surface area contributed by atoms with Crippen LogP contribution in [0.3, 0.4) is 0 Å². The fraction of sp³-hybridized carbons (Fsp3) is 0.474. The number of likely N-dealkylation sites (tertiary alicyclic amines) is 1. The number of amides is 2. The predicted molar refractivity (Wildman–Crippen MR) is 199 cm³/mol. The first-order valence-corrected chi connectivity index (χ1v) is 20.8. The number of fused-ring (bicyclic) bond motifs is 1. The molecule has 0 bridgehead atoms. The molecule has 11 heteroatoms. The highest BCUT2D eigenvalue weighted by Gasteiger charge is 2.37. The maximum Gasteiger partial charge on any atom is 0.410 e. The number of anilines is 1. The van der Waals surface area contributed by atoms with Crippen LogP contribution in [0, 0.1) is 0 Å². The lowest BCUT2D eigenvalue weighted by atomic mass is 10.1. The highest BCUT2D eigenvalue weighted by molar-refractivity contribution is 7.17. The van der Waals surface area contributed by atoms with Gasteiger partial charge in [0.2, 0.25) is 0 Å². The Morgan fingerprint density at radius 3 is 2.24 bits per heavy atom. The molecule has 3 heterocycles. The minimum atomic E-state index is -2.03. The van der Waals surface area contributed by atoms with E-state index in [-0.39, 0.29) is 29.7 Å². The third-order valence-corrected chi connectivity index (χ3v) is 14.7. The third kappa shape index (κ3) is 9.06. The van der Waals surface area contributed by atoms with Gasteiger partial charge in [-0.2, -0.15) is 0 Å². The lowest BCUT2D eigenvalue weighted by Gasteiger charge is -2.36. The third-order valence-electron chi connectivity index (χ3n) is 9.42. The van der Waals surface area contributed by atoms with E-state index in [4.69, 9.17) is 18.6 Å². The summed E-state index contributed by atoms with van der Waals surface area (Å²) in [6.45, 7) is 18.7. The Morgan fingerprint density at radius 1 is 0.939 bits per heavy atom. The van der Waals surface area contributed by atoms with Crippen molar-refractivity contribution in [1.82, 2.24) is 9.47 Å². The van der Waals surface area contributed by atoms with E-state index in [1.54, 1.807) is 16.2 Å². The zero-order valence-electron chi connectivity index (χ0n) is 30.3. The molecule has 49 heavy (non-hydrogen) atoms. The van der Waals surface area contributed by atoms with Gasteiger partial charge < -0.3 is 33.4 Å². The summed E-state index contributed by atoms with van der Waals surface area (Å²) >= 11 is 1.62. The van der Waals surface area contributed by atoms with Crippen LogP contribution in [0.5, 0.6) is 11.5 Å². The number of carbonyl (C=O) groups is 2. The van der Waals surface area contributed by atoms with Crippen LogP contribution in [0.4, 0.5) is 10.5 Å². The van der Waals surface area contributed by atoms with Gasteiger partial charge in [-0.3, -0.25) is 4.79 Å². The Bertz CT molecular complexity index is 1760. The molecular formula is C38H51N3O6SSi. The Morgan fingerprint density at radius 2 is 1.61 bits per heavy atom. The summed E-state index contributed by atoms with van der Waals surface area (Å²) in [4.78, 5) is 27.7. The molecule has 1 aliphatic heterocycles. The zero-order valence-corrected chi connectivity index (χ0v) is 32.2. The molecule has 1 saturated heterocycles. The van der Waals surface area contributed by atoms with Gasteiger partial charge in [-0.05, 0) is 92.3 Å². The van der Waals surface area contributed by atoms with E-state index in [2.05, 4.69) is 39.2 Å². The van der Waals surface area contributed by atoms with E-state index in [0.29, 0.717) is 36.8 Å². The number of nitrogens with zero attached hydrogens (tertiary/aromatic N) is 2. The van der Waals surface area contributed by atoms with Crippen LogP contribution in [0.1, 0.15) is 76.0 Å². The molecule has 4 aromatic rings. The first-order chi connectivity index (χ1) is 23.0.